The largest absolute Gasteiger partial charge is 0.353 e. The van der Waals surface area contributed by atoms with Crippen molar-refractivity contribution < 1.29 is 4.79 Å². The van der Waals surface area contributed by atoms with E-state index in [4.69, 9.17) is 11.6 Å². The lowest BCUT2D eigenvalue weighted by molar-refractivity contribution is 0.0931. The van der Waals surface area contributed by atoms with Gasteiger partial charge in [0.2, 0.25) is 0 Å². The topological polar surface area (TPSA) is 75.9 Å². The first-order chi connectivity index (χ1) is 10.1. The predicted molar refractivity (Wildman–Crippen MR) is 78.3 cm³/mol. The number of rotatable bonds is 3. The van der Waals surface area contributed by atoms with Gasteiger partial charge in [0.05, 0.1) is 11.2 Å². The van der Waals surface area contributed by atoms with Crippen LogP contribution in [0.25, 0.3) is 0 Å². The van der Waals surface area contributed by atoms with Gasteiger partial charge in [-0.3, -0.25) is 4.79 Å². The molecule has 1 unspecified atom stereocenters. The van der Waals surface area contributed by atoms with E-state index in [9.17, 15) is 4.79 Å². The molecule has 2 aromatic heterocycles. The summed E-state index contributed by atoms with van der Waals surface area (Å²) in [7, 11) is 1.69. The molecule has 1 saturated heterocycles. The van der Waals surface area contributed by atoms with Crippen molar-refractivity contribution in [1.82, 2.24) is 25.3 Å². The Morgan fingerprint density at radius 1 is 1.52 bits per heavy atom. The van der Waals surface area contributed by atoms with Gasteiger partial charge in [0.1, 0.15) is 11.5 Å². The molecule has 110 valence electrons. The molecule has 1 fully saturated rings. The van der Waals surface area contributed by atoms with E-state index in [1.807, 2.05) is 6.07 Å². The van der Waals surface area contributed by atoms with Crippen LogP contribution in [-0.4, -0.2) is 45.0 Å². The lowest BCUT2D eigenvalue weighted by Gasteiger charge is -2.18. The Labute approximate surface area is 126 Å². The summed E-state index contributed by atoms with van der Waals surface area (Å²) >= 11 is 6.15. The Kier molecular flexibility index (Phi) is 3.74. The van der Waals surface area contributed by atoms with Crippen LogP contribution in [0.1, 0.15) is 16.9 Å². The minimum Gasteiger partial charge on any atom is -0.353 e. The Morgan fingerprint density at radius 2 is 2.38 bits per heavy atom. The second-order valence-corrected chi connectivity index (χ2v) is 5.36. The number of hydrogen-bond donors (Lipinski definition) is 1. The zero-order chi connectivity index (χ0) is 14.8. The van der Waals surface area contributed by atoms with Crippen molar-refractivity contribution in [2.45, 2.75) is 12.5 Å². The van der Waals surface area contributed by atoms with Crippen LogP contribution >= 0.6 is 11.6 Å². The number of hydrogen-bond acceptors (Lipinski definition) is 5. The summed E-state index contributed by atoms with van der Waals surface area (Å²) in [6, 6.07) is 3.68. The molecule has 3 heterocycles. The quantitative estimate of drug-likeness (QED) is 0.910. The van der Waals surface area contributed by atoms with Gasteiger partial charge in [-0.2, -0.15) is 0 Å². The number of aryl methyl sites for hydroxylation is 1. The molecule has 1 amide bonds. The maximum absolute atomic E-state index is 12.1. The molecule has 0 saturated carbocycles. The van der Waals surface area contributed by atoms with Gasteiger partial charge in [-0.15, -0.1) is 5.10 Å². The number of aromatic nitrogens is 4. The fourth-order valence-corrected chi connectivity index (χ4v) is 2.68. The van der Waals surface area contributed by atoms with Gasteiger partial charge in [0.25, 0.3) is 5.91 Å². The van der Waals surface area contributed by atoms with E-state index in [0.29, 0.717) is 17.3 Å². The zero-order valence-electron chi connectivity index (χ0n) is 11.5. The average molecular weight is 307 g/mol. The number of nitrogens with zero attached hydrogens (tertiary/aromatic N) is 5. The van der Waals surface area contributed by atoms with Crippen LogP contribution in [0.4, 0.5) is 5.82 Å². The van der Waals surface area contributed by atoms with E-state index in [0.717, 1.165) is 18.8 Å². The van der Waals surface area contributed by atoms with Crippen molar-refractivity contribution >= 4 is 23.3 Å². The lowest BCUT2D eigenvalue weighted by Crippen LogP contribution is -2.38. The fourth-order valence-electron chi connectivity index (χ4n) is 2.44. The number of pyridine rings is 1. The molecule has 0 aromatic carbocycles. The van der Waals surface area contributed by atoms with E-state index in [-0.39, 0.29) is 11.9 Å². The highest BCUT2D eigenvalue weighted by atomic mass is 35.5. The molecule has 1 atom stereocenters. The van der Waals surface area contributed by atoms with Crippen LogP contribution in [0.2, 0.25) is 5.02 Å². The summed E-state index contributed by atoms with van der Waals surface area (Å²) in [5.41, 5.74) is 0.448. The summed E-state index contributed by atoms with van der Waals surface area (Å²) in [4.78, 5) is 18.5. The van der Waals surface area contributed by atoms with Crippen molar-refractivity contribution in [2.24, 2.45) is 7.05 Å². The molecule has 3 rings (SSSR count). The standard InChI is InChI=1S/C13H15ClN6O/c1-19-11(7-16-18-19)13(21)17-9-4-6-20(8-9)12-10(14)3-2-5-15-12/h2-3,5,7,9H,4,6,8H2,1H3,(H,17,21). The highest BCUT2D eigenvalue weighted by Gasteiger charge is 2.27. The van der Waals surface area contributed by atoms with Crippen LogP contribution in [0, 0.1) is 0 Å². The Bertz CT molecular complexity index is 658. The van der Waals surface area contributed by atoms with Gasteiger partial charge < -0.3 is 10.2 Å². The van der Waals surface area contributed by atoms with Crippen LogP contribution in [0.15, 0.2) is 24.5 Å². The second-order valence-electron chi connectivity index (χ2n) is 4.96. The molecular weight excluding hydrogens is 292 g/mol. The van der Waals surface area contributed by atoms with E-state index >= 15 is 0 Å². The second kappa shape index (κ2) is 5.69. The van der Waals surface area contributed by atoms with Crippen molar-refractivity contribution in [3.05, 3.63) is 35.2 Å². The SMILES string of the molecule is Cn1nncc1C(=O)NC1CCN(c2ncccc2Cl)C1. The Morgan fingerprint density at radius 3 is 3.10 bits per heavy atom. The van der Waals surface area contributed by atoms with E-state index in [2.05, 4.69) is 25.5 Å². The van der Waals surface area contributed by atoms with Crippen molar-refractivity contribution in [1.29, 1.82) is 0 Å². The summed E-state index contributed by atoms with van der Waals surface area (Å²) in [5, 5.41) is 11.1. The zero-order valence-corrected chi connectivity index (χ0v) is 12.3. The number of carbonyl (C=O) groups excluding carboxylic acids is 1. The van der Waals surface area contributed by atoms with Crippen LogP contribution < -0.4 is 10.2 Å². The Balaban J connectivity index is 1.64. The third-order valence-electron chi connectivity index (χ3n) is 3.51. The highest BCUT2D eigenvalue weighted by Crippen LogP contribution is 2.25. The van der Waals surface area contributed by atoms with Crippen LogP contribution in [0.3, 0.4) is 0 Å². The first-order valence-corrected chi connectivity index (χ1v) is 7.04. The van der Waals surface area contributed by atoms with Gasteiger partial charge in [-0.25, -0.2) is 9.67 Å². The first kappa shape index (κ1) is 13.8. The van der Waals surface area contributed by atoms with E-state index < -0.39 is 0 Å². The number of amides is 1. The summed E-state index contributed by atoms with van der Waals surface area (Å²) in [6.07, 6.45) is 4.02. The molecule has 1 aliphatic heterocycles. The summed E-state index contributed by atoms with van der Waals surface area (Å²) in [6.45, 7) is 1.50. The molecule has 1 aliphatic rings. The molecule has 0 aliphatic carbocycles. The number of carbonyl (C=O) groups is 1. The minimum atomic E-state index is -0.165. The van der Waals surface area contributed by atoms with Crippen LogP contribution in [-0.2, 0) is 7.05 Å². The van der Waals surface area contributed by atoms with Crippen molar-refractivity contribution in [3.8, 4) is 0 Å². The molecule has 8 heteroatoms. The minimum absolute atomic E-state index is 0.0606. The van der Waals surface area contributed by atoms with E-state index in [1.165, 1.54) is 10.9 Å². The highest BCUT2D eigenvalue weighted by molar-refractivity contribution is 6.32. The lowest BCUT2D eigenvalue weighted by atomic mass is 10.2. The van der Waals surface area contributed by atoms with E-state index in [1.54, 1.807) is 19.3 Å². The molecule has 21 heavy (non-hydrogen) atoms. The maximum atomic E-state index is 12.1. The van der Waals surface area contributed by atoms with Gasteiger partial charge >= 0.3 is 0 Å². The molecule has 0 bridgehead atoms. The number of anilines is 1. The Hall–Kier alpha value is -2.15. The smallest absolute Gasteiger partial charge is 0.271 e. The predicted octanol–water partition coefficient (Wildman–Crippen LogP) is 0.872. The van der Waals surface area contributed by atoms with Crippen molar-refractivity contribution in [2.75, 3.05) is 18.0 Å². The monoisotopic (exact) mass is 306 g/mol. The third kappa shape index (κ3) is 2.82. The van der Waals surface area contributed by atoms with Crippen LogP contribution in [0.5, 0.6) is 0 Å². The first-order valence-electron chi connectivity index (χ1n) is 6.66. The third-order valence-corrected chi connectivity index (χ3v) is 3.80. The van der Waals surface area contributed by atoms with Gasteiger partial charge in [0, 0.05) is 32.4 Å². The van der Waals surface area contributed by atoms with Crippen molar-refractivity contribution in [3.63, 3.8) is 0 Å². The maximum Gasteiger partial charge on any atom is 0.271 e. The molecule has 7 nitrogen and oxygen atoms in total. The number of nitrogens with one attached hydrogen (secondary N) is 1. The average Bonchev–Trinajstić information content (AvgIpc) is 3.08. The fraction of sp³-hybridized carbons (Fsp3) is 0.385. The number of halogens is 1. The molecular formula is C13H15ClN6O. The molecule has 2 aromatic rings. The molecule has 1 N–H and O–H groups in total. The normalized spacial score (nSPS) is 18.0. The van der Waals surface area contributed by atoms with Gasteiger partial charge in [-0.05, 0) is 18.6 Å². The van der Waals surface area contributed by atoms with Gasteiger partial charge in [0.15, 0.2) is 0 Å². The van der Waals surface area contributed by atoms with Gasteiger partial charge in [-0.1, -0.05) is 16.8 Å². The molecule has 0 spiro atoms. The summed E-state index contributed by atoms with van der Waals surface area (Å²) in [5.74, 6) is 0.597. The summed E-state index contributed by atoms with van der Waals surface area (Å²) < 4.78 is 1.46. The molecule has 0 radical (unpaired) electrons.